The molecule has 1 aliphatic heterocycles. The van der Waals surface area contributed by atoms with Crippen LogP contribution < -0.4 is 20.7 Å². The lowest BCUT2D eigenvalue weighted by atomic mass is 9.94. The van der Waals surface area contributed by atoms with Gasteiger partial charge in [-0.2, -0.15) is 0 Å². The molecule has 2 aromatic carbocycles. The maximum absolute atomic E-state index is 14.1. The van der Waals surface area contributed by atoms with E-state index in [0.29, 0.717) is 12.2 Å². The van der Waals surface area contributed by atoms with Crippen molar-refractivity contribution in [3.8, 4) is 5.75 Å². The van der Waals surface area contributed by atoms with Gasteiger partial charge in [0.25, 0.3) is 0 Å². The van der Waals surface area contributed by atoms with Crippen LogP contribution in [0.2, 0.25) is 0 Å². The van der Waals surface area contributed by atoms with E-state index in [4.69, 9.17) is 4.74 Å². The third kappa shape index (κ3) is 7.69. The first-order chi connectivity index (χ1) is 18.7. The molecule has 0 aromatic heterocycles. The summed E-state index contributed by atoms with van der Waals surface area (Å²) in [6.07, 6.45) is 3.97. The van der Waals surface area contributed by atoms with E-state index in [1.807, 2.05) is 101 Å². The molecular formula is C31H42N4O4. The number of carbonyl (C=O) groups is 3. The van der Waals surface area contributed by atoms with Crippen LogP contribution in [0.5, 0.6) is 5.75 Å². The van der Waals surface area contributed by atoms with Crippen molar-refractivity contribution in [2.75, 3.05) is 14.1 Å². The van der Waals surface area contributed by atoms with Gasteiger partial charge in [-0.1, -0.05) is 83.0 Å². The fourth-order valence-corrected chi connectivity index (χ4v) is 4.81. The minimum atomic E-state index is -1.11. The Morgan fingerprint density at radius 1 is 1.00 bits per heavy atom. The number of amides is 3. The molecule has 8 heteroatoms. The van der Waals surface area contributed by atoms with Gasteiger partial charge in [-0.15, -0.1) is 0 Å². The maximum atomic E-state index is 14.1. The first-order valence-electron chi connectivity index (χ1n) is 13.7. The number of nitrogens with zero attached hydrogens (tertiary/aromatic N) is 1. The van der Waals surface area contributed by atoms with Crippen LogP contribution in [-0.2, 0) is 14.4 Å². The molecular weight excluding hydrogens is 492 g/mol. The van der Waals surface area contributed by atoms with Crippen molar-refractivity contribution >= 4 is 23.8 Å². The van der Waals surface area contributed by atoms with Crippen LogP contribution in [0.25, 0.3) is 6.08 Å². The summed E-state index contributed by atoms with van der Waals surface area (Å²) < 4.78 is 6.49. The molecule has 8 nitrogen and oxygen atoms in total. The number of likely N-dealkylation sites (N-methyl/N-ethyl adjacent to an activating group) is 1. The van der Waals surface area contributed by atoms with Crippen LogP contribution in [0.4, 0.5) is 0 Å². The first-order valence-corrected chi connectivity index (χ1v) is 13.7. The molecule has 0 aliphatic carbocycles. The highest BCUT2D eigenvalue weighted by Gasteiger charge is 2.38. The van der Waals surface area contributed by atoms with Crippen molar-refractivity contribution < 1.29 is 19.1 Å². The number of nitrogens with one attached hydrogen (secondary N) is 3. The molecule has 0 saturated heterocycles. The topological polar surface area (TPSA) is 99.8 Å². The average molecular weight is 535 g/mol. The Balaban J connectivity index is 2.14. The van der Waals surface area contributed by atoms with E-state index in [9.17, 15) is 14.4 Å². The lowest BCUT2D eigenvalue weighted by Crippen LogP contribution is -2.60. The standard InChI is InChI=1S/C31H42N4O4/c1-7-20(3)25-29(36)32-18-17-22-13-12-16-24(19-22)39-28(23-14-10-9-11-15-23)26(30(37)33-25)34-31(38)27(35(5)6)21(4)8-2/h9-21,25-28H,7-8H2,1-6H3,(H,32,36)(H,33,37)(H,34,38). The highest BCUT2D eigenvalue weighted by atomic mass is 16.5. The summed E-state index contributed by atoms with van der Waals surface area (Å²) in [5.74, 6) is -0.640. The number of ether oxygens (including phenoxy) is 1. The summed E-state index contributed by atoms with van der Waals surface area (Å²) >= 11 is 0. The van der Waals surface area contributed by atoms with Gasteiger partial charge in [-0.3, -0.25) is 19.3 Å². The molecule has 3 rings (SSSR count). The summed E-state index contributed by atoms with van der Waals surface area (Å²) in [5, 5.41) is 8.75. The number of fused-ring (bicyclic) bond motifs is 2. The van der Waals surface area contributed by atoms with Crippen LogP contribution in [0, 0.1) is 11.8 Å². The van der Waals surface area contributed by atoms with Crippen LogP contribution in [0.15, 0.2) is 60.8 Å². The monoisotopic (exact) mass is 534 g/mol. The number of hydrogen-bond acceptors (Lipinski definition) is 5. The van der Waals surface area contributed by atoms with Gasteiger partial charge < -0.3 is 20.7 Å². The van der Waals surface area contributed by atoms with Crippen LogP contribution in [0.1, 0.15) is 57.8 Å². The SMILES string of the molecule is CCC(C)C1NC(=O)C(NC(=O)C(C(C)CC)N(C)C)C(c2ccccc2)Oc2cccc(c2)C=CNC1=O. The fraction of sp³-hybridized carbons (Fsp3) is 0.452. The molecule has 0 radical (unpaired) electrons. The predicted molar refractivity (Wildman–Crippen MR) is 154 cm³/mol. The zero-order valence-electron chi connectivity index (χ0n) is 23.8. The lowest BCUT2D eigenvalue weighted by molar-refractivity contribution is -0.136. The smallest absolute Gasteiger partial charge is 0.247 e. The summed E-state index contributed by atoms with van der Waals surface area (Å²) in [6, 6.07) is 14.4. The highest BCUT2D eigenvalue weighted by molar-refractivity contribution is 5.94. The van der Waals surface area contributed by atoms with Gasteiger partial charge in [0, 0.05) is 6.20 Å². The molecule has 210 valence electrons. The second kappa shape index (κ2) is 13.9. The maximum Gasteiger partial charge on any atom is 0.247 e. The molecule has 6 atom stereocenters. The molecule has 3 N–H and O–H groups in total. The van der Waals surface area contributed by atoms with Crippen molar-refractivity contribution in [3.63, 3.8) is 0 Å². The van der Waals surface area contributed by atoms with E-state index in [-0.39, 0.29) is 23.7 Å². The largest absolute Gasteiger partial charge is 0.483 e. The van der Waals surface area contributed by atoms with Gasteiger partial charge in [0.15, 0.2) is 6.10 Å². The van der Waals surface area contributed by atoms with Gasteiger partial charge in [0.05, 0.1) is 6.04 Å². The van der Waals surface area contributed by atoms with Crippen LogP contribution in [0.3, 0.4) is 0 Å². The quantitative estimate of drug-likeness (QED) is 0.477. The molecule has 0 fully saturated rings. The second-order valence-electron chi connectivity index (χ2n) is 10.5. The minimum absolute atomic E-state index is 0.0512. The van der Waals surface area contributed by atoms with E-state index in [1.54, 1.807) is 12.3 Å². The average Bonchev–Trinajstić information content (AvgIpc) is 2.93. The second-order valence-corrected chi connectivity index (χ2v) is 10.5. The first kappa shape index (κ1) is 29.9. The van der Waals surface area contributed by atoms with Gasteiger partial charge in [0.1, 0.15) is 17.8 Å². The van der Waals surface area contributed by atoms with Crippen molar-refractivity contribution in [1.29, 1.82) is 0 Å². The number of carbonyl (C=O) groups excluding carboxylic acids is 3. The Kier molecular flexibility index (Phi) is 10.7. The Morgan fingerprint density at radius 2 is 1.72 bits per heavy atom. The molecule has 6 unspecified atom stereocenters. The summed E-state index contributed by atoms with van der Waals surface area (Å²) in [4.78, 5) is 42.8. The van der Waals surface area contributed by atoms with E-state index >= 15 is 0 Å². The zero-order valence-corrected chi connectivity index (χ0v) is 23.8. The van der Waals surface area contributed by atoms with E-state index in [0.717, 1.165) is 17.5 Å². The number of rotatable bonds is 8. The third-order valence-electron chi connectivity index (χ3n) is 7.43. The fourth-order valence-electron chi connectivity index (χ4n) is 4.81. The molecule has 39 heavy (non-hydrogen) atoms. The van der Waals surface area contributed by atoms with Gasteiger partial charge in [0.2, 0.25) is 17.7 Å². The van der Waals surface area contributed by atoms with Gasteiger partial charge in [-0.05, 0) is 55.3 Å². The van der Waals surface area contributed by atoms with Gasteiger partial charge in [-0.25, -0.2) is 0 Å². The van der Waals surface area contributed by atoms with E-state index in [2.05, 4.69) is 16.0 Å². The Morgan fingerprint density at radius 3 is 2.36 bits per heavy atom. The minimum Gasteiger partial charge on any atom is -0.483 e. The van der Waals surface area contributed by atoms with Crippen LogP contribution in [-0.4, -0.2) is 54.8 Å². The highest BCUT2D eigenvalue weighted by Crippen LogP contribution is 2.28. The number of hydrogen-bond donors (Lipinski definition) is 3. The Bertz CT molecular complexity index is 1150. The zero-order chi connectivity index (χ0) is 28.5. The molecule has 2 aromatic rings. The molecule has 0 saturated carbocycles. The lowest BCUT2D eigenvalue weighted by Gasteiger charge is -2.34. The molecule has 0 spiro atoms. The molecule has 3 amide bonds. The third-order valence-corrected chi connectivity index (χ3v) is 7.43. The van der Waals surface area contributed by atoms with Crippen molar-refractivity contribution in [3.05, 3.63) is 71.9 Å². The Hall–Kier alpha value is -3.65. The summed E-state index contributed by atoms with van der Waals surface area (Å²) in [7, 11) is 3.71. The number of benzene rings is 2. The van der Waals surface area contributed by atoms with Crippen molar-refractivity contribution in [2.45, 2.75) is 64.8 Å². The van der Waals surface area contributed by atoms with Crippen molar-refractivity contribution in [2.24, 2.45) is 11.8 Å². The van der Waals surface area contributed by atoms with Crippen LogP contribution >= 0.6 is 0 Å². The Labute approximate surface area is 232 Å². The van der Waals surface area contributed by atoms with Gasteiger partial charge >= 0.3 is 0 Å². The normalized spacial score (nSPS) is 22.2. The summed E-state index contributed by atoms with van der Waals surface area (Å²) in [5.41, 5.74) is 1.55. The molecule has 1 heterocycles. The molecule has 2 bridgehead atoms. The van der Waals surface area contributed by atoms with E-state index < -0.39 is 30.1 Å². The molecule has 1 aliphatic rings. The predicted octanol–water partition coefficient (Wildman–Crippen LogP) is 3.90. The van der Waals surface area contributed by atoms with E-state index in [1.165, 1.54) is 0 Å². The summed E-state index contributed by atoms with van der Waals surface area (Å²) in [6.45, 7) is 7.93. The van der Waals surface area contributed by atoms with Crippen molar-refractivity contribution in [1.82, 2.24) is 20.9 Å².